The molecule has 1 amide bonds. The first-order chi connectivity index (χ1) is 16.1. The molecule has 1 N–H and O–H groups in total. The summed E-state index contributed by atoms with van der Waals surface area (Å²) in [7, 11) is -0.951. The molecule has 7 nitrogen and oxygen atoms in total. The second-order valence-electron chi connectivity index (χ2n) is 7.72. The average Bonchev–Trinajstić information content (AvgIpc) is 2.83. The highest BCUT2D eigenvalue weighted by atomic mass is 35.5. The Morgan fingerprint density at radius 3 is 2.24 bits per heavy atom. The standard InChI is InChI=1S/C25H27ClN2O5S/c1-17-5-10-21(11-6-17)34(30,31)28(20-9-7-18(2)22(26)14-20)16-25(29)27-15-19-8-12-23(32-3)24(13-19)33-4/h5-14H,15-16H2,1-4H3,(H,27,29). The Hall–Kier alpha value is -3.23. The van der Waals surface area contributed by atoms with Crippen molar-refractivity contribution in [2.45, 2.75) is 25.3 Å². The van der Waals surface area contributed by atoms with Crippen molar-refractivity contribution in [1.29, 1.82) is 0 Å². The summed E-state index contributed by atoms with van der Waals surface area (Å²) in [6.45, 7) is 3.46. The van der Waals surface area contributed by atoms with E-state index in [-0.39, 0.29) is 11.4 Å². The molecule has 0 saturated heterocycles. The van der Waals surface area contributed by atoms with E-state index in [4.69, 9.17) is 21.1 Å². The van der Waals surface area contributed by atoms with Crippen LogP contribution in [0.25, 0.3) is 0 Å². The Bertz CT molecular complexity index is 1280. The van der Waals surface area contributed by atoms with E-state index in [0.29, 0.717) is 22.2 Å². The number of rotatable bonds is 9. The minimum atomic E-state index is -4.02. The Balaban J connectivity index is 1.86. The molecule has 3 aromatic carbocycles. The smallest absolute Gasteiger partial charge is 0.264 e. The molecule has 3 aromatic rings. The summed E-state index contributed by atoms with van der Waals surface area (Å²) >= 11 is 6.26. The highest BCUT2D eigenvalue weighted by Crippen LogP contribution is 2.29. The van der Waals surface area contributed by atoms with Crippen LogP contribution in [0.5, 0.6) is 11.5 Å². The molecule has 0 radical (unpaired) electrons. The van der Waals surface area contributed by atoms with Gasteiger partial charge in [0.25, 0.3) is 10.0 Å². The van der Waals surface area contributed by atoms with Crippen molar-refractivity contribution in [3.05, 3.63) is 82.4 Å². The Morgan fingerprint density at radius 1 is 0.941 bits per heavy atom. The summed E-state index contributed by atoms with van der Waals surface area (Å²) in [4.78, 5) is 12.9. The van der Waals surface area contributed by atoms with Crippen molar-refractivity contribution in [2.75, 3.05) is 25.1 Å². The first-order valence-electron chi connectivity index (χ1n) is 10.5. The second-order valence-corrected chi connectivity index (χ2v) is 9.99. The molecule has 9 heteroatoms. The van der Waals surface area contributed by atoms with Gasteiger partial charge in [-0.1, -0.05) is 41.4 Å². The second kappa shape index (κ2) is 10.8. The van der Waals surface area contributed by atoms with E-state index in [0.717, 1.165) is 21.0 Å². The van der Waals surface area contributed by atoms with Gasteiger partial charge in [-0.25, -0.2) is 8.42 Å². The highest BCUT2D eigenvalue weighted by Gasteiger charge is 2.27. The monoisotopic (exact) mass is 502 g/mol. The number of nitrogens with one attached hydrogen (secondary N) is 1. The maximum absolute atomic E-state index is 13.5. The lowest BCUT2D eigenvalue weighted by molar-refractivity contribution is -0.119. The molecule has 0 aromatic heterocycles. The molecule has 0 fully saturated rings. The average molecular weight is 503 g/mol. The van der Waals surface area contributed by atoms with E-state index in [1.165, 1.54) is 19.2 Å². The van der Waals surface area contributed by atoms with E-state index >= 15 is 0 Å². The van der Waals surface area contributed by atoms with E-state index < -0.39 is 22.5 Å². The van der Waals surface area contributed by atoms with Crippen LogP contribution >= 0.6 is 11.6 Å². The molecule has 0 aliphatic carbocycles. The molecule has 0 atom stereocenters. The van der Waals surface area contributed by atoms with Gasteiger partial charge in [-0.15, -0.1) is 0 Å². The van der Waals surface area contributed by atoms with Gasteiger partial charge in [-0.2, -0.15) is 0 Å². The number of anilines is 1. The lowest BCUT2D eigenvalue weighted by Crippen LogP contribution is -2.40. The number of amides is 1. The molecule has 34 heavy (non-hydrogen) atoms. The van der Waals surface area contributed by atoms with Gasteiger partial charge in [0.05, 0.1) is 24.8 Å². The largest absolute Gasteiger partial charge is 0.493 e. The van der Waals surface area contributed by atoms with Gasteiger partial charge >= 0.3 is 0 Å². The van der Waals surface area contributed by atoms with Crippen molar-refractivity contribution >= 4 is 33.2 Å². The van der Waals surface area contributed by atoms with Crippen molar-refractivity contribution < 1.29 is 22.7 Å². The first-order valence-corrected chi connectivity index (χ1v) is 12.3. The third-order valence-corrected chi connectivity index (χ3v) is 7.47. The summed E-state index contributed by atoms with van der Waals surface area (Å²) in [6, 6.07) is 16.7. The maximum Gasteiger partial charge on any atom is 0.264 e. The molecule has 0 spiro atoms. The number of sulfonamides is 1. The van der Waals surface area contributed by atoms with E-state index in [1.807, 2.05) is 13.8 Å². The van der Waals surface area contributed by atoms with Crippen LogP contribution in [0.1, 0.15) is 16.7 Å². The van der Waals surface area contributed by atoms with E-state index in [9.17, 15) is 13.2 Å². The molecule has 0 aliphatic heterocycles. The fourth-order valence-electron chi connectivity index (χ4n) is 3.27. The van der Waals surface area contributed by atoms with Gasteiger partial charge in [-0.3, -0.25) is 9.10 Å². The van der Waals surface area contributed by atoms with Crippen LogP contribution in [0.4, 0.5) is 5.69 Å². The number of nitrogens with zero attached hydrogens (tertiary/aromatic N) is 1. The predicted molar refractivity (Wildman–Crippen MR) is 133 cm³/mol. The molecular weight excluding hydrogens is 476 g/mol. The van der Waals surface area contributed by atoms with Gasteiger partial charge in [0.1, 0.15) is 6.54 Å². The van der Waals surface area contributed by atoms with Crippen LogP contribution in [0, 0.1) is 13.8 Å². The van der Waals surface area contributed by atoms with Crippen LogP contribution in [-0.4, -0.2) is 35.1 Å². The van der Waals surface area contributed by atoms with Gasteiger partial charge in [0.2, 0.25) is 5.91 Å². The predicted octanol–water partition coefficient (Wildman–Crippen LogP) is 4.49. The van der Waals surface area contributed by atoms with Crippen molar-refractivity contribution in [3.63, 3.8) is 0 Å². The van der Waals surface area contributed by atoms with Crippen LogP contribution in [0.15, 0.2) is 65.6 Å². The Kier molecular flexibility index (Phi) is 8.06. The summed E-state index contributed by atoms with van der Waals surface area (Å²) in [6.07, 6.45) is 0. The minimum absolute atomic E-state index is 0.0856. The van der Waals surface area contributed by atoms with Crippen LogP contribution < -0.4 is 19.1 Å². The summed E-state index contributed by atoms with van der Waals surface area (Å²) in [5, 5.41) is 3.18. The highest BCUT2D eigenvalue weighted by molar-refractivity contribution is 7.92. The van der Waals surface area contributed by atoms with Gasteiger partial charge < -0.3 is 14.8 Å². The zero-order valence-corrected chi connectivity index (χ0v) is 21.0. The quantitative estimate of drug-likeness (QED) is 0.466. The van der Waals surface area contributed by atoms with Crippen LogP contribution in [-0.2, 0) is 21.4 Å². The fraction of sp³-hybridized carbons (Fsp3) is 0.240. The number of carbonyl (C=O) groups is 1. The Morgan fingerprint density at radius 2 is 1.62 bits per heavy atom. The molecule has 0 bridgehead atoms. The normalized spacial score (nSPS) is 11.1. The van der Waals surface area contributed by atoms with Gasteiger partial charge in [0.15, 0.2) is 11.5 Å². The van der Waals surface area contributed by atoms with Crippen molar-refractivity contribution in [3.8, 4) is 11.5 Å². The molecule has 180 valence electrons. The third-order valence-electron chi connectivity index (χ3n) is 5.28. The molecule has 0 aliphatic rings. The zero-order chi connectivity index (χ0) is 24.9. The third kappa shape index (κ3) is 5.81. The van der Waals surface area contributed by atoms with Crippen LogP contribution in [0.2, 0.25) is 5.02 Å². The number of hydrogen-bond donors (Lipinski definition) is 1. The molecule has 3 rings (SSSR count). The number of benzene rings is 3. The number of aryl methyl sites for hydroxylation is 2. The van der Waals surface area contributed by atoms with Crippen molar-refractivity contribution in [2.24, 2.45) is 0 Å². The number of halogens is 1. The maximum atomic E-state index is 13.5. The summed E-state index contributed by atoms with van der Waals surface area (Å²) in [5.41, 5.74) is 2.81. The van der Waals surface area contributed by atoms with E-state index in [1.54, 1.807) is 55.6 Å². The fourth-order valence-corrected chi connectivity index (χ4v) is 4.85. The number of hydrogen-bond acceptors (Lipinski definition) is 5. The lowest BCUT2D eigenvalue weighted by atomic mass is 10.2. The number of ether oxygens (including phenoxy) is 2. The van der Waals surface area contributed by atoms with E-state index in [2.05, 4.69) is 5.32 Å². The molecular formula is C25H27ClN2O5S. The molecule has 0 saturated carbocycles. The molecule has 0 unspecified atom stereocenters. The summed E-state index contributed by atoms with van der Waals surface area (Å²) in [5.74, 6) is 0.637. The van der Waals surface area contributed by atoms with Crippen molar-refractivity contribution in [1.82, 2.24) is 5.32 Å². The topological polar surface area (TPSA) is 84.9 Å². The van der Waals surface area contributed by atoms with Gasteiger partial charge in [0, 0.05) is 11.6 Å². The zero-order valence-electron chi connectivity index (χ0n) is 19.5. The number of carbonyl (C=O) groups excluding carboxylic acids is 1. The SMILES string of the molecule is COc1ccc(CNC(=O)CN(c2ccc(C)c(Cl)c2)S(=O)(=O)c2ccc(C)cc2)cc1OC. The van der Waals surface area contributed by atoms with Gasteiger partial charge in [-0.05, 0) is 61.4 Å². The first kappa shape index (κ1) is 25.4. The molecule has 0 heterocycles. The van der Waals surface area contributed by atoms with Crippen LogP contribution in [0.3, 0.4) is 0 Å². The summed E-state index contributed by atoms with van der Waals surface area (Å²) < 4.78 is 38.5. The number of methoxy groups -OCH3 is 2. The lowest BCUT2D eigenvalue weighted by Gasteiger charge is -2.24. The Labute approximate surface area is 205 Å². The minimum Gasteiger partial charge on any atom is -0.493 e.